The molecule has 2 aromatic rings. The van der Waals surface area contributed by atoms with Crippen molar-refractivity contribution in [3.05, 3.63) is 34.7 Å². The highest BCUT2D eigenvalue weighted by atomic mass is 35.5. The molecule has 0 unspecified atom stereocenters. The predicted molar refractivity (Wildman–Crippen MR) is 81.8 cm³/mol. The summed E-state index contributed by atoms with van der Waals surface area (Å²) in [5.41, 5.74) is 2.49. The number of rotatable bonds is 5. The Morgan fingerprint density at radius 1 is 1.32 bits per heavy atom. The lowest BCUT2D eigenvalue weighted by Crippen LogP contribution is -2.36. The van der Waals surface area contributed by atoms with Gasteiger partial charge in [0.1, 0.15) is 5.69 Å². The Labute approximate surface area is 123 Å². The number of nitrogens with zero attached hydrogens (tertiary/aromatic N) is 1. The van der Waals surface area contributed by atoms with Gasteiger partial charge in [0.05, 0.1) is 13.1 Å². The van der Waals surface area contributed by atoms with Gasteiger partial charge < -0.3 is 0 Å². The molecule has 2 nitrogen and oxygen atoms in total. The van der Waals surface area contributed by atoms with Crippen LogP contribution in [0.3, 0.4) is 0 Å². The van der Waals surface area contributed by atoms with Crippen LogP contribution in [0.2, 0.25) is 5.02 Å². The van der Waals surface area contributed by atoms with Crippen LogP contribution < -0.4 is 9.88 Å². The van der Waals surface area contributed by atoms with E-state index < -0.39 is 0 Å². The molecule has 0 saturated heterocycles. The molecule has 19 heavy (non-hydrogen) atoms. The van der Waals surface area contributed by atoms with E-state index in [0.717, 1.165) is 24.0 Å². The molecule has 0 atom stereocenters. The molecule has 4 heteroatoms. The predicted octanol–water partition coefficient (Wildman–Crippen LogP) is 4.20. The van der Waals surface area contributed by atoms with Crippen molar-refractivity contribution in [3.8, 4) is 11.3 Å². The Kier molecular flexibility index (Phi) is 3.76. The van der Waals surface area contributed by atoms with Crippen LogP contribution in [0.25, 0.3) is 11.3 Å². The molecule has 1 aromatic heterocycles. The van der Waals surface area contributed by atoms with Gasteiger partial charge in [0, 0.05) is 16.0 Å². The van der Waals surface area contributed by atoms with Crippen LogP contribution >= 0.6 is 22.9 Å². The van der Waals surface area contributed by atoms with Gasteiger partial charge in [0.15, 0.2) is 0 Å². The Bertz CT molecular complexity index is 558. The summed E-state index contributed by atoms with van der Waals surface area (Å²) in [6.45, 7) is 4.28. The van der Waals surface area contributed by atoms with Gasteiger partial charge in [-0.05, 0) is 49.9 Å². The Morgan fingerprint density at radius 3 is 2.68 bits per heavy atom. The lowest BCUT2D eigenvalue weighted by molar-refractivity contribution is -0.664. The first kappa shape index (κ1) is 12.9. The van der Waals surface area contributed by atoms with E-state index in [4.69, 9.17) is 11.6 Å². The molecule has 1 fully saturated rings. The SMILES string of the molecule is CC[n+]1c(-c2ccc(Cl)cc2)csc1NCC1CC1. The third kappa shape index (κ3) is 2.93. The first-order valence-electron chi connectivity index (χ1n) is 6.79. The van der Waals surface area contributed by atoms with Crippen molar-refractivity contribution in [2.75, 3.05) is 11.9 Å². The Morgan fingerprint density at radius 2 is 2.05 bits per heavy atom. The van der Waals surface area contributed by atoms with Crippen molar-refractivity contribution in [2.24, 2.45) is 5.92 Å². The number of thiazole rings is 1. The van der Waals surface area contributed by atoms with E-state index in [-0.39, 0.29) is 0 Å². The normalized spacial score (nSPS) is 14.6. The van der Waals surface area contributed by atoms with Gasteiger partial charge >= 0.3 is 5.13 Å². The molecule has 1 N–H and O–H groups in total. The largest absolute Gasteiger partial charge is 0.334 e. The maximum atomic E-state index is 5.95. The average Bonchev–Trinajstić information content (AvgIpc) is 3.16. The summed E-state index contributed by atoms with van der Waals surface area (Å²) in [6, 6.07) is 8.07. The van der Waals surface area contributed by atoms with E-state index in [9.17, 15) is 0 Å². The standard InChI is InChI=1S/C15H17ClN2S/c1-2-18-14(12-5-7-13(16)8-6-12)10-19-15(18)17-9-11-3-4-11/h5-8,10-11H,2-4,9H2,1H3/p+1. The van der Waals surface area contributed by atoms with Crippen molar-refractivity contribution in [3.63, 3.8) is 0 Å². The second kappa shape index (κ2) is 5.51. The summed E-state index contributed by atoms with van der Waals surface area (Å²) in [7, 11) is 0. The first-order valence-corrected chi connectivity index (χ1v) is 8.05. The monoisotopic (exact) mass is 293 g/mol. The molecule has 100 valence electrons. The molecule has 1 aliphatic rings. The van der Waals surface area contributed by atoms with Crippen molar-refractivity contribution >= 4 is 28.1 Å². The van der Waals surface area contributed by atoms with Crippen LogP contribution in [0.1, 0.15) is 19.8 Å². The van der Waals surface area contributed by atoms with E-state index in [1.54, 1.807) is 11.3 Å². The molecule has 1 aromatic carbocycles. The number of aromatic nitrogens is 1. The summed E-state index contributed by atoms with van der Waals surface area (Å²) in [5.74, 6) is 0.895. The quantitative estimate of drug-likeness (QED) is 0.817. The number of nitrogens with one attached hydrogen (secondary N) is 1. The third-order valence-electron chi connectivity index (χ3n) is 3.51. The van der Waals surface area contributed by atoms with E-state index >= 15 is 0 Å². The minimum Gasteiger partial charge on any atom is -0.265 e. The van der Waals surface area contributed by atoms with Gasteiger partial charge in [-0.1, -0.05) is 22.9 Å². The highest BCUT2D eigenvalue weighted by Gasteiger charge is 2.25. The van der Waals surface area contributed by atoms with Gasteiger partial charge in [0.25, 0.3) is 0 Å². The van der Waals surface area contributed by atoms with Gasteiger partial charge in [-0.25, -0.2) is 4.57 Å². The molecule has 0 amide bonds. The fourth-order valence-electron chi connectivity index (χ4n) is 2.20. The third-order valence-corrected chi connectivity index (χ3v) is 4.69. The maximum Gasteiger partial charge on any atom is 0.334 e. The summed E-state index contributed by atoms with van der Waals surface area (Å²) in [6.07, 6.45) is 2.77. The van der Waals surface area contributed by atoms with Crippen molar-refractivity contribution in [1.29, 1.82) is 0 Å². The number of halogens is 1. The summed E-state index contributed by atoms with van der Waals surface area (Å²) < 4.78 is 2.34. The first-order chi connectivity index (χ1) is 9.28. The van der Waals surface area contributed by atoms with Gasteiger partial charge in [-0.15, -0.1) is 0 Å². The van der Waals surface area contributed by atoms with E-state index in [1.807, 2.05) is 12.1 Å². The number of anilines is 1. The lowest BCUT2D eigenvalue weighted by Gasteiger charge is -2.03. The summed E-state index contributed by atoms with van der Waals surface area (Å²) in [4.78, 5) is 0. The van der Waals surface area contributed by atoms with Crippen LogP contribution in [0, 0.1) is 5.92 Å². The van der Waals surface area contributed by atoms with Gasteiger partial charge in [0.2, 0.25) is 0 Å². The Hall–Kier alpha value is -1.06. The van der Waals surface area contributed by atoms with Crippen molar-refractivity contribution in [1.82, 2.24) is 0 Å². The fraction of sp³-hybridized carbons (Fsp3) is 0.400. The molecule has 0 radical (unpaired) electrons. The zero-order valence-corrected chi connectivity index (χ0v) is 12.6. The molecule has 1 heterocycles. The van der Waals surface area contributed by atoms with Crippen LogP contribution in [0.5, 0.6) is 0 Å². The minimum absolute atomic E-state index is 0.786. The van der Waals surface area contributed by atoms with Crippen molar-refractivity contribution in [2.45, 2.75) is 26.3 Å². The summed E-state index contributed by atoms with van der Waals surface area (Å²) in [5, 5.41) is 7.86. The van der Waals surface area contributed by atoms with Gasteiger partial charge in [-0.3, -0.25) is 5.32 Å². The molecule has 0 aliphatic heterocycles. The molecule has 0 spiro atoms. The van der Waals surface area contributed by atoms with Crippen LogP contribution in [-0.4, -0.2) is 6.54 Å². The smallest absolute Gasteiger partial charge is 0.265 e. The second-order valence-electron chi connectivity index (χ2n) is 5.00. The van der Waals surface area contributed by atoms with E-state index in [2.05, 4.69) is 34.3 Å². The van der Waals surface area contributed by atoms with Gasteiger partial charge in [-0.2, -0.15) is 0 Å². The van der Waals surface area contributed by atoms with Crippen molar-refractivity contribution < 1.29 is 4.57 Å². The molecule has 1 aliphatic carbocycles. The van der Waals surface area contributed by atoms with Crippen LogP contribution in [0.15, 0.2) is 29.6 Å². The second-order valence-corrected chi connectivity index (χ2v) is 6.30. The zero-order chi connectivity index (χ0) is 13.2. The zero-order valence-electron chi connectivity index (χ0n) is 11.0. The highest BCUT2D eigenvalue weighted by molar-refractivity contribution is 7.13. The Balaban J connectivity index is 1.85. The van der Waals surface area contributed by atoms with E-state index in [1.165, 1.54) is 29.2 Å². The minimum atomic E-state index is 0.786. The number of hydrogen-bond acceptors (Lipinski definition) is 2. The lowest BCUT2D eigenvalue weighted by atomic mass is 10.2. The molecule has 0 bridgehead atoms. The molecular weight excluding hydrogens is 276 g/mol. The van der Waals surface area contributed by atoms with Crippen LogP contribution in [0.4, 0.5) is 5.13 Å². The molecule has 3 rings (SSSR count). The number of hydrogen-bond donors (Lipinski definition) is 1. The summed E-state index contributed by atoms with van der Waals surface area (Å²) >= 11 is 7.74. The fourth-order valence-corrected chi connectivity index (χ4v) is 3.33. The maximum absolute atomic E-state index is 5.95. The average molecular weight is 294 g/mol. The molecular formula is C15H18ClN2S+. The molecule has 1 saturated carbocycles. The topological polar surface area (TPSA) is 15.9 Å². The van der Waals surface area contributed by atoms with E-state index in [0.29, 0.717) is 0 Å². The number of benzene rings is 1. The van der Waals surface area contributed by atoms with Crippen LogP contribution in [-0.2, 0) is 6.54 Å². The highest BCUT2D eigenvalue weighted by Crippen LogP contribution is 2.30.